The summed E-state index contributed by atoms with van der Waals surface area (Å²) in [4.78, 5) is 23.6. The molecule has 7 heteroatoms. The number of carbonyl (C=O) groups is 2. The Balaban J connectivity index is 1.80. The summed E-state index contributed by atoms with van der Waals surface area (Å²) in [7, 11) is 0. The topological polar surface area (TPSA) is 75.6 Å². The summed E-state index contributed by atoms with van der Waals surface area (Å²) in [6, 6.07) is 6.35. The van der Waals surface area contributed by atoms with Crippen LogP contribution in [0.1, 0.15) is 21.5 Å². The second-order valence-electron chi connectivity index (χ2n) is 5.53. The highest BCUT2D eigenvalue weighted by Crippen LogP contribution is 2.33. The smallest absolute Gasteiger partial charge is 0.337 e. The van der Waals surface area contributed by atoms with Crippen molar-refractivity contribution in [2.45, 2.75) is 19.4 Å². The minimum Gasteiger partial charge on any atom is -0.478 e. The van der Waals surface area contributed by atoms with Crippen molar-refractivity contribution in [3.63, 3.8) is 0 Å². The summed E-state index contributed by atoms with van der Waals surface area (Å²) in [5.41, 5.74) is 1.04. The number of carboxylic acid groups (broad SMARTS) is 1. The number of nitrogens with one attached hydrogen (secondary N) is 1. The predicted molar refractivity (Wildman–Crippen MR) is 81.2 cm³/mol. The number of benzene rings is 2. The lowest BCUT2D eigenvalue weighted by Crippen LogP contribution is -2.32. The van der Waals surface area contributed by atoms with Crippen LogP contribution in [0.3, 0.4) is 0 Å². The summed E-state index contributed by atoms with van der Waals surface area (Å²) in [6.07, 6.45) is -1.05. The fourth-order valence-electron chi connectivity index (χ4n) is 2.58. The number of ether oxygens (including phenoxy) is 1. The number of carboxylic acids is 1. The lowest BCUT2D eigenvalue weighted by Gasteiger charge is -2.13. The van der Waals surface area contributed by atoms with Gasteiger partial charge >= 0.3 is 5.97 Å². The third-order valence-electron chi connectivity index (χ3n) is 3.71. The van der Waals surface area contributed by atoms with Gasteiger partial charge in [-0.05, 0) is 25.1 Å². The molecule has 1 unspecified atom stereocenters. The van der Waals surface area contributed by atoms with E-state index in [9.17, 15) is 23.5 Å². The molecule has 124 valence electrons. The number of anilines is 1. The first-order chi connectivity index (χ1) is 11.3. The maximum Gasteiger partial charge on any atom is 0.337 e. The lowest BCUT2D eigenvalue weighted by atomic mass is 10.1. The molecule has 3 rings (SSSR count). The SMILES string of the molecule is Cc1ccc(NC(=O)C2Cc3cc(F)cc(F)c3O2)c(C(=O)O)c1. The van der Waals surface area contributed by atoms with Gasteiger partial charge in [-0.2, -0.15) is 0 Å². The van der Waals surface area contributed by atoms with Crippen molar-refractivity contribution in [2.75, 3.05) is 5.32 Å². The highest BCUT2D eigenvalue weighted by Gasteiger charge is 2.32. The quantitative estimate of drug-likeness (QED) is 0.905. The minimum atomic E-state index is -1.18. The molecule has 5 nitrogen and oxygen atoms in total. The molecular formula is C17H13F2NO4. The number of amides is 1. The van der Waals surface area contributed by atoms with Crippen LogP contribution in [0, 0.1) is 18.6 Å². The Morgan fingerprint density at radius 1 is 1.25 bits per heavy atom. The van der Waals surface area contributed by atoms with E-state index >= 15 is 0 Å². The van der Waals surface area contributed by atoms with Gasteiger partial charge in [0.05, 0.1) is 11.3 Å². The van der Waals surface area contributed by atoms with Crippen molar-refractivity contribution in [3.05, 3.63) is 58.7 Å². The van der Waals surface area contributed by atoms with E-state index in [1.165, 1.54) is 12.1 Å². The van der Waals surface area contributed by atoms with Crippen molar-refractivity contribution < 1.29 is 28.2 Å². The molecule has 0 aliphatic carbocycles. The Bertz CT molecular complexity index is 851. The van der Waals surface area contributed by atoms with Crippen LogP contribution >= 0.6 is 0 Å². The van der Waals surface area contributed by atoms with Gasteiger partial charge in [-0.15, -0.1) is 0 Å². The molecule has 1 heterocycles. The average molecular weight is 333 g/mol. The molecule has 2 aromatic rings. The van der Waals surface area contributed by atoms with Gasteiger partial charge in [-0.3, -0.25) is 4.79 Å². The van der Waals surface area contributed by atoms with Crippen LogP contribution in [-0.2, 0) is 11.2 Å². The molecule has 0 bridgehead atoms. The molecule has 0 saturated carbocycles. The Hall–Kier alpha value is -2.96. The van der Waals surface area contributed by atoms with Gasteiger partial charge in [0.1, 0.15) is 5.82 Å². The maximum atomic E-state index is 13.7. The standard InChI is InChI=1S/C17H13F2NO4/c1-8-2-3-13(11(4-8)17(22)23)20-16(21)14-6-9-5-10(18)7-12(19)15(9)24-14/h2-5,7,14H,6H2,1H3,(H,20,21)(H,22,23). The maximum absolute atomic E-state index is 13.7. The third-order valence-corrected chi connectivity index (χ3v) is 3.71. The van der Waals surface area contributed by atoms with Crippen molar-refractivity contribution in [1.29, 1.82) is 0 Å². The summed E-state index contributed by atoms with van der Waals surface area (Å²) in [5, 5.41) is 11.7. The molecular weight excluding hydrogens is 320 g/mol. The predicted octanol–water partition coefficient (Wildman–Crippen LogP) is 2.91. The van der Waals surface area contributed by atoms with E-state index in [1.807, 2.05) is 0 Å². The van der Waals surface area contributed by atoms with Crippen LogP contribution in [0.2, 0.25) is 0 Å². The van der Waals surface area contributed by atoms with Gasteiger partial charge in [-0.1, -0.05) is 11.6 Å². The summed E-state index contributed by atoms with van der Waals surface area (Å²) in [5.74, 6) is -3.58. The monoisotopic (exact) mass is 333 g/mol. The Kier molecular flexibility index (Phi) is 3.92. The summed E-state index contributed by atoms with van der Waals surface area (Å²) < 4.78 is 32.1. The van der Waals surface area contributed by atoms with E-state index in [-0.39, 0.29) is 29.0 Å². The minimum absolute atomic E-state index is 0.00408. The molecule has 1 amide bonds. The highest BCUT2D eigenvalue weighted by molar-refractivity contribution is 6.02. The number of hydrogen-bond acceptors (Lipinski definition) is 3. The van der Waals surface area contributed by atoms with Crippen LogP contribution in [0.5, 0.6) is 5.75 Å². The van der Waals surface area contributed by atoms with E-state index in [1.54, 1.807) is 13.0 Å². The number of aryl methyl sites for hydroxylation is 1. The van der Waals surface area contributed by atoms with E-state index in [0.717, 1.165) is 11.6 Å². The first-order valence-electron chi connectivity index (χ1n) is 7.14. The highest BCUT2D eigenvalue weighted by atomic mass is 19.1. The molecule has 1 aliphatic heterocycles. The largest absolute Gasteiger partial charge is 0.478 e. The molecule has 1 atom stereocenters. The average Bonchev–Trinajstić information content (AvgIpc) is 2.93. The number of rotatable bonds is 3. The molecule has 2 aromatic carbocycles. The zero-order chi connectivity index (χ0) is 17.4. The van der Waals surface area contributed by atoms with E-state index in [2.05, 4.69) is 5.32 Å². The number of carbonyl (C=O) groups excluding carboxylic acids is 1. The Labute approximate surface area is 135 Å². The van der Waals surface area contributed by atoms with Crippen molar-refractivity contribution in [3.8, 4) is 5.75 Å². The van der Waals surface area contributed by atoms with Gasteiger partial charge in [0.25, 0.3) is 5.91 Å². The molecule has 0 radical (unpaired) electrons. The Morgan fingerprint density at radius 3 is 2.71 bits per heavy atom. The molecule has 0 spiro atoms. The van der Waals surface area contributed by atoms with Gasteiger partial charge in [0.15, 0.2) is 17.7 Å². The molecule has 24 heavy (non-hydrogen) atoms. The summed E-state index contributed by atoms with van der Waals surface area (Å²) >= 11 is 0. The van der Waals surface area contributed by atoms with Gasteiger partial charge < -0.3 is 15.2 Å². The molecule has 0 fully saturated rings. The fourth-order valence-corrected chi connectivity index (χ4v) is 2.58. The Morgan fingerprint density at radius 2 is 2.00 bits per heavy atom. The zero-order valence-corrected chi connectivity index (χ0v) is 12.6. The first kappa shape index (κ1) is 15.9. The van der Waals surface area contributed by atoms with Crippen LogP contribution in [0.25, 0.3) is 0 Å². The molecule has 2 N–H and O–H groups in total. The van der Waals surface area contributed by atoms with Crippen LogP contribution < -0.4 is 10.1 Å². The molecule has 1 aliphatic rings. The fraction of sp³-hybridized carbons (Fsp3) is 0.176. The van der Waals surface area contributed by atoms with Gasteiger partial charge in [0.2, 0.25) is 0 Å². The second kappa shape index (κ2) is 5.92. The summed E-state index contributed by atoms with van der Waals surface area (Å²) in [6.45, 7) is 1.73. The number of hydrogen-bond donors (Lipinski definition) is 2. The van der Waals surface area contributed by atoms with E-state index in [0.29, 0.717) is 6.07 Å². The van der Waals surface area contributed by atoms with Gasteiger partial charge in [0, 0.05) is 18.1 Å². The van der Waals surface area contributed by atoms with Gasteiger partial charge in [-0.25, -0.2) is 13.6 Å². The lowest BCUT2D eigenvalue weighted by molar-refractivity contribution is -0.122. The van der Waals surface area contributed by atoms with E-state index in [4.69, 9.17) is 4.74 Å². The van der Waals surface area contributed by atoms with Crippen LogP contribution in [0.4, 0.5) is 14.5 Å². The van der Waals surface area contributed by atoms with Crippen molar-refractivity contribution in [2.24, 2.45) is 0 Å². The number of fused-ring (bicyclic) bond motifs is 1. The van der Waals surface area contributed by atoms with E-state index < -0.39 is 29.6 Å². The zero-order valence-electron chi connectivity index (χ0n) is 12.6. The van der Waals surface area contributed by atoms with Crippen molar-refractivity contribution in [1.82, 2.24) is 0 Å². The normalized spacial score (nSPS) is 15.5. The first-order valence-corrected chi connectivity index (χ1v) is 7.14. The van der Waals surface area contributed by atoms with Crippen molar-refractivity contribution >= 4 is 17.6 Å². The third kappa shape index (κ3) is 2.92. The molecule has 0 saturated heterocycles. The van der Waals surface area contributed by atoms with Crippen LogP contribution in [-0.4, -0.2) is 23.1 Å². The molecule has 0 aromatic heterocycles. The van der Waals surface area contributed by atoms with Crippen LogP contribution in [0.15, 0.2) is 30.3 Å². The second-order valence-corrected chi connectivity index (χ2v) is 5.53. The number of aromatic carboxylic acids is 1. The number of halogens is 2.